The Labute approximate surface area is 90.2 Å². The lowest BCUT2D eigenvalue weighted by molar-refractivity contribution is -0.172. The Morgan fingerprint density at radius 1 is 1.13 bits per heavy atom. The molecule has 2 bridgehead atoms. The minimum Gasteiger partial charge on any atom is -0.393 e. The van der Waals surface area contributed by atoms with Crippen LogP contribution >= 0.6 is 0 Å². The van der Waals surface area contributed by atoms with Crippen LogP contribution in [0.25, 0.3) is 0 Å². The largest absolute Gasteiger partial charge is 0.393 e. The molecule has 2 saturated carbocycles. The number of esters is 2. The molecule has 0 aromatic heterocycles. The van der Waals surface area contributed by atoms with Crippen molar-refractivity contribution in [3.05, 3.63) is 0 Å². The van der Waals surface area contributed by atoms with E-state index in [2.05, 4.69) is 4.74 Å². The van der Waals surface area contributed by atoms with E-state index in [1.54, 1.807) is 0 Å². The standard InChI is InChI=1S/C10H12O3.C2H6/c11-8-4-7-5-1-2-6(3-5)9(7)10(12)13-8;1-2/h5-7,9H,1-4H2;1-2H3. The number of carbonyl (C=O) groups is 2. The van der Waals surface area contributed by atoms with E-state index < -0.39 is 0 Å². The zero-order valence-electron chi connectivity index (χ0n) is 9.36. The Balaban J connectivity index is 0.000000404. The predicted molar refractivity (Wildman–Crippen MR) is 54.9 cm³/mol. The maximum Gasteiger partial charge on any atom is 0.317 e. The minimum absolute atomic E-state index is 0.0662. The first-order valence-electron chi connectivity index (χ1n) is 6.00. The fraction of sp³-hybridized carbons (Fsp3) is 0.833. The van der Waals surface area contributed by atoms with Gasteiger partial charge in [-0.1, -0.05) is 13.8 Å². The molecule has 3 heteroatoms. The van der Waals surface area contributed by atoms with Crippen molar-refractivity contribution in [1.29, 1.82) is 0 Å². The van der Waals surface area contributed by atoms with Crippen LogP contribution < -0.4 is 0 Å². The summed E-state index contributed by atoms with van der Waals surface area (Å²) in [5, 5.41) is 0. The van der Waals surface area contributed by atoms with Crippen molar-refractivity contribution in [3.8, 4) is 0 Å². The molecule has 3 aliphatic rings. The van der Waals surface area contributed by atoms with Crippen LogP contribution in [0.4, 0.5) is 0 Å². The average molecular weight is 210 g/mol. The van der Waals surface area contributed by atoms with Crippen LogP contribution in [0.15, 0.2) is 0 Å². The molecule has 4 atom stereocenters. The molecule has 0 aromatic carbocycles. The molecule has 1 heterocycles. The van der Waals surface area contributed by atoms with Gasteiger partial charge >= 0.3 is 11.9 Å². The van der Waals surface area contributed by atoms with Gasteiger partial charge in [-0.2, -0.15) is 0 Å². The van der Waals surface area contributed by atoms with Gasteiger partial charge in [0.15, 0.2) is 0 Å². The van der Waals surface area contributed by atoms with Gasteiger partial charge in [0, 0.05) is 6.42 Å². The molecule has 3 nitrogen and oxygen atoms in total. The van der Waals surface area contributed by atoms with Crippen LogP contribution in [0, 0.1) is 23.7 Å². The van der Waals surface area contributed by atoms with Crippen molar-refractivity contribution in [2.24, 2.45) is 23.7 Å². The van der Waals surface area contributed by atoms with E-state index in [1.165, 1.54) is 6.42 Å². The first-order valence-corrected chi connectivity index (χ1v) is 6.00. The van der Waals surface area contributed by atoms with Gasteiger partial charge in [-0.05, 0) is 37.0 Å². The lowest BCUT2D eigenvalue weighted by Crippen LogP contribution is -2.38. The Hall–Kier alpha value is -0.860. The summed E-state index contributed by atoms with van der Waals surface area (Å²) in [5.74, 6) is 0.999. The maximum atomic E-state index is 11.4. The summed E-state index contributed by atoms with van der Waals surface area (Å²) in [7, 11) is 0. The van der Waals surface area contributed by atoms with Gasteiger partial charge in [0.1, 0.15) is 0 Å². The zero-order chi connectivity index (χ0) is 11.0. The molecule has 84 valence electrons. The number of hydrogen-bond donors (Lipinski definition) is 0. The summed E-state index contributed by atoms with van der Waals surface area (Å²) in [5.41, 5.74) is 0. The van der Waals surface area contributed by atoms with Gasteiger partial charge in [0.25, 0.3) is 0 Å². The third-order valence-electron chi connectivity index (χ3n) is 3.98. The summed E-state index contributed by atoms with van der Waals surface area (Å²) < 4.78 is 4.67. The van der Waals surface area contributed by atoms with Gasteiger partial charge in [-0.3, -0.25) is 9.59 Å². The molecular formula is C12H18O3. The second kappa shape index (κ2) is 3.95. The fourth-order valence-corrected chi connectivity index (χ4v) is 3.49. The highest BCUT2D eigenvalue weighted by Crippen LogP contribution is 2.55. The third kappa shape index (κ3) is 1.58. The Morgan fingerprint density at radius 3 is 2.53 bits per heavy atom. The Morgan fingerprint density at radius 2 is 1.80 bits per heavy atom. The first kappa shape index (κ1) is 10.7. The molecule has 1 aliphatic heterocycles. The number of rotatable bonds is 0. The smallest absolute Gasteiger partial charge is 0.317 e. The molecule has 3 fully saturated rings. The highest BCUT2D eigenvalue weighted by molar-refractivity contribution is 5.90. The molecule has 0 radical (unpaired) electrons. The van der Waals surface area contributed by atoms with Crippen LogP contribution in [-0.4, -0.2) is 11.9 Å². The lowest BCUT2D eigenvalue weighted by atomic mass is 9.76. The van der Waals surface area contributed by atoms with Crippen LogP contribution in [0.3, 0.4) is 0 Å². The second-order valence-electron chi connectivity index (χ2n) is 4.52. The summed E-state index contributed by atoms with van der Waals surface area (Å²) in [4.78, 5) is 22.5. The topological polar surface area (TPSA) is 43.4 Å². The molecule has 0 N–H and O–H groups in total. The maximum absolute atomic E-state index is 11.4. The highest BCUT2D eigenvalue weighted by atomic mass is 16.6. The molecule has 2 aliphatic carbocycles. The van der Waals surface area contributed by atoms with Crippen molar-refractivity contribution in [3.63, 3.8) is 0 Å². The number of ether oxygens (including phenoxy) is 1. The summed E-state index contributed by atoms with van der Waals surface area (Å²) in [6.45, 7) is 4.00. The van der Waals surface area contributed by atoms with Crippen molar-refractivity contribution in [2.75, 3.05) is 0 Å². The predicted octanol–water partition coefficient (Wildman–Crippen LogP) is 2.15. The van der Waals surface area contributed by atoms with Gasteiger partial charge in [-0.15, -0.1) is 0 Å². The van der Waals surface area contributed by atoms with Gasteiger partial charge in [-0.25, -0.2) is 0 Å². The quantitative estimate of drug-likeness (QED) is 0.454. The van der Waals surface area contributed by atoms with Crippen molar-refractivity contribution in [2.45, 2.75) is 39.5 Å². The Kier molecular flexibility index (Phi) is 2.81. The van der Waals surface area contributed by atoms with E-state index in [9.17, 15) is 9.59 Å². The monoisotopic (exact) mass is 210 g/mol. The normalized spacial score (nSPS) is 41.7. The van der Waals surface area contributed by atoms with E-state index in [1.807, 2.05) is 13.8 Å². The minimum atomic E-state index is -0.307. The number of fused-ring (bicyclic) bond motifs is 5. The van der Waals surface area contributed by atoms with Crippen LogP contribution in [0.5, 0.6) is 0 Å². The van der Waals surface area contributed by atoms with Gasteiger partial charge in [0.05, 0.1) is 5.92 Å². The van der Waals surface area contributed by atoms with Crippen molar-refractivity contribution < 1.29 is 14.3 Å². The van der Waals surface area contributed by atoms with Gasteiger partial charge < -0.3 is 4.74 Å². The van der Waals surface area contributed by atoms with E-state index in [-0.39, 0.29) is 17.9 Å². The molecule has 0 spiro atoms. The molecule has 1 saturated heterocycles. The summed E-state index contributed by atoms with van der Waals surface area (Å²) in [6.07, 6.45) is 4.01. The SMILES string of the molecule is CC.O=C1CC2C3CCC(C3)C2C(=O)O1. The summed E-state index contributed by atoms with van der Waals surface area (Å²) in [6, 6.07) is 0. The molecule has 0 amide bonds. The van der Waals surface area contributed by atoms with E-state index >= 15 is 0 Å². The molecule has 0 aromatic rings. The van der Waals surface area contributed by atoms with Crippen molar-refractivity contribution in [1.82, 2.24) is 0 Å². The van der Waals surface area contributed by atoms with E-state index in [0.717, 1.165) is 12.8 Å². The second-order valence-corrected chi connectivity index (χ2v) is 4.52. The van der Waals surface area contributed by atoms with E-state index in [0.29, 0.717) is 24.2 Å². The number of carbonyl (C=O) groups excluding carboxylic acids is 2. The Bertz CT molecular complexity index is 285. The van der Waals surface area contributed by atoms with E-state index in [4.69, 9.17) is 0 Å². The third-order valence-corrected chi connectivity index (χ3v) is 3.98. The van der Waals surface area contributed by atoms with Crippen LogP contribution in [-0.2, 0) is 14.3 Å². The first-order chi connectivity index (χ1) is 7.25. The van der Waals surface area contributed by atoms with Crippen molar-refractivity contribution >= 4 is 11.9 Å². The highest BCUT2D eigenvalue weighted by Gasteiger charge is 2.54. The number of hydrogen-bond acceptors (Lipinski definition) is 3. The molecule has 15 heavy (non-hydrogen) atoms. The lowest BCUT2D eigenvalue weighted by Gasteiger charge is -2.31. The zero-order valence-corrected chi connectivity index (χ0v) is 9.36. The van der Waals surface area contributed by atoms with Crippen LogP contribution in [0.2, 0.25) is 0 Å². The fourth-order valence-electron chi connectivity index (χ4n) is 3.49. The molecule has 3 rings (SSSR count). The molecular weight excluding hydrogens is 192 g/mol. The summed E-state index contributed by atoms with van der Waals surface area (Å²) >= 11 is 0. The number of cyclic esters (lactones) is 2. The average Bonchev–Trinajstić information content (AvgIpc) is 2.80. The molecule has 4 unspecified atom stereocenters. The van der Waals surface area contributed by atoms with Gasteiger partial charge in [0.2, 0.25) is 0 Å². The van der Waals surface area contributed by atoms with Crippen LogP contribution in [0.1, 0.15) is 39.5 Å².